The Balaban J connectivity index is 1.43. The normalized spacial score (nSPS) is 20.8. The van der Waals surface area contributed by atoms with E-state index in [2.05, 4.69) is 47.9 Å². The summed E-state index contributed by atoms with van der Waals surface area (Å²) in [6.07, 6.45) is 8.95. The molecule has 0 bridgehead atoms. The molecule has 1 fully saturated rings. The third-order valence-electron chi connectivity index (χ3n) is 5.25. The van der Waals surface area contributed by atoms with Gasteiger partial charge in [-0.3, -0.25) is 0 Å². The predicted molar refractivity (Wildman–Crippen MR) is 97.5 cm³/mol. The van der Waals surface area contributed by atoms with Crippen molar-refractivity contribution in [1.29, 1.82) is 0 Å². The monoisotopic (exact) mass is 341 g/mol. The maximum absolute atomic E-state index is 4.47. The van der Waals surface area contributed by atoms with Gasteiger partial charge in [0.05, 0.1) is 6.54 Å². The van der Waals surface area contributed by atoms with Crippen molar-refractivity contribution in [2.75, 3.05) is 23.3 Å². The number of aryl methyl sites for hydroxylation is 1. The second kappa shape index (κ2) is 7.37. The number of fused-ring (bicyclic) bond motifs is 1. The van der Waals surface area contributed by atoms with Crippen LogP contribution in [0.15, 0.2) is 12.4 Å². The van der Waals surface area contributed by atoms with Crippen molar-refractivity contribution in [3.8, 4) is 0 Å². The van der Waals surface area contributed by atoms with Crippen LogP contribution >= 0.6 is 0 Å². The minimum Gasteiger partial charge on any atom is -0.363 e. The number of hydrogen-bond donors (Lipinski definition) is 1. The van der Waals surface area contributed by atoms with Crippen molar-refractivity contribution in [1.82, 2.24) is 24.7 Å². The quantitative estimate of drug-likeness (QED) is 0.922. The van der Waals surface area contributed by atoms with Crippen LogP contribution in [0.25, 0.3) is 0 Å². The molecular formula is C18H27N7. The van der Waals surface area contributed by atoms with Crippen LogP contribution in [0.3, 0.4) is 0 Å². The third-order valence-corrected chi connectivity index (χ3v) is 5.25. The van der Waals surface area contributed by atoms with Gasteiger partial charge in [0.25, 0.3) is 0 Å². The third kappa shape index (κ3) is 3.75. The van der Waals surface area contributed by atoms with Gasteiger partial charge >= 0.3 is 0 Å². The first-order valence-electron chi connectivity index (χ1n) is 9.51. The summed E-state index contributed by atoms with van der Waals surface area (Å²) in [6, 6.07) is 2.05. The molecule has 0 spiro atoms. The lowest BCUT2D eigenvalue weighted by atomic mass is 10.0. The fourth-order valence-corrected chi connectivity index (χ4v) is 3.86. The molecule has 7 heteroatoms. The van der Waals surface area contributed by atoms with Crippen LogP contribution in [0.4, 0.5) is 11.6 Å². The van der Waals surface area contributed by atoms with Crippen LogP contribution in [-0.4, -0.2) is 37.8 Å². The highest BCUT2D eigenvalue weighted by molar-refractivity contribution is 5.48. The number of rotatable bonds is 4. The minimum absolute atomic E-state index is 0.653. The highest BCUT2D eigenvalue weighted by atomic mass is 15.3. The van der Waals surface area contributed by atoms with Crippen LogP contribution in [0, 0.1) is 5.92 Å². The maximum Gasteiger partial charge on any atom is 0.152 e. The second-order valence-electron chi connectivity index (χ2n) is 7.30. The van der Waals surface area contributed by atoms with Gasteiger partial charge in [0, 0.05) is 32.1 Å². The lowest BCUT2D eigenvalue weighted by Gasteiger charge is -2.31. The van der Waals surface area contributed by atoms with Gasteiger partial charge in [-0.1, -0.05) is 13.3 Å². The Hall–Kier alpha value is -2.18. The Kier molecular flexibility index (Phi) is 4.81. The van der Waals surface area contributed by atoms with Crippen LogP contribution in [0.1, 0.15) is 50.7 Å². The number of nitrogens with zero attached hydrogens (tertiary/aromatic N) is 6. The van der Waals surface area contributed by atoms with Crippen LogP contribution in [-0.2, 0) is 19.5 Å². The van der Waals surface area contributed by atoms with Crippen LogP contribution in [0.5, 0.6) is 0 Å². The average molecular weight is 341 g/mol. The molecule has 1 N–H and O–H groups in total. The molecule has 1 unspecified atom stereocenters. The molecule has 7 nitrogen and oxygen atoms in total. The number of anilines is 2. The van der Waals surface area contributed by atoms with Gasteiger partial charge in [-0.25, -0.2) is 9.97 Å². The van der Waals surface area contributed by atoms with E-state index >= 15 is 0 Å². The van der Waals surface area contributed by atoms with Crippen molar-refractivity contribution >= 4 is 11.6 Å². The van der Waals surface area contributed by atoms with E-state index in [0.717, 1.165) is 55.3 Å². The van der Waals surface area contributed by atoms with E-state index in [1.54, 1.807) is 6.33 Å². The first-order valence-corrected chi connectivity index (χ1v) is 9.51. The topological polar surface area (TPSA) is 71.8 Å². The van der Waals surface area contributed by atoms with Gasteiger partial charge in [0.15, 0.2) is 5.82 Å². The van der Waals surface area contributed by atoms with E-state index in [-0.39, 0.29) is 0 Å². The van der Waals surface area contributed by atoms with Crippen molar-refractivity contribution in [3.63, 3.8) is 0 Å². The van der Waals surface area contributed by atoms with E-state index < -0.39 is 0 Å². The fourth-order valence-electron chi connectivity index (χ4n) is 3.86. The lowest BCUT2D eigenvalue weighted by Crippen LogP contribution is -2.34. The summed E-state index contributed by atoms with van der Waals surface area (Å²) in [5.41, 5.74) is 0. The Morgan fingerprint density at radius 1 is 1.12 bits per heavy atom. The van der Waals surface area contributed by atoms with E-state index in [9.17, 15) is 0 Å². The Labute approximate surface area is 148 Å². The zero-order valence-corrected chi connectivity index (χ0v) is 15.0. The van der Waals surface area contributed by atoms with Crippen molar-refractivity contribution < 1.29 is 0 Å². The standard InChI is InChI=1S/C18H27N7/c1-14-6-5-8-24(12-14)17-10-15(20-13-21-17)19-11-18-23-22-16-7-3-2-4-9-25(16)18/h10,13-14H,2-9,11-12H2,1H3,(H,19,20,21). The molecule has 0 aromatic carbocycles. The molecule has 4 rings (SSSR count). The summed E-state index contributed by atoms with van der Waals surface area (Å²) in [6.45, 7) is 6.15. The molecule has 0 aliphatic carbocycles. The summed E-state index contributed by atoms with van der Waals surface area (Å²) in [5.74, 6) is 4.73. The second-order valence-corrected chi connectivity index (χ2v) is 7.30. The molecule has 2 aromatic rings. The maximum atomic E-state index is 4.47. The van der Waals surface area contributed by atoms with E-state index in [1.165, 1.54) is 32.1 Å². The average Bonchev–Trinajstić information content (AvgIpc) is 2.86. The Morgan fingerprint density at radius 2 is 2.08 bits per heavy atom. The van der Waals surface area contributed by atoms with Gasteiger partial charge in [-0.15, -0.1) is 10.2 Å². The zero-order chi connectivity index (χ0) is 17.1. The summed E-state index contributed by atoms with van der Waals surface area (Å²) in [7, 11) is 0. The fraction of sp³-hybridized carbons (Fsp3) is 0.667. The minimum atomic E-state index is 0.653. The number of nitrogens with one attached hydrogen (secondary N) is 1. The molecule has 4 heterocycles. The summed E-state index contributed by atoms with van der Waals surface area (Å²) in [4.78, 5) is 11.2. The molecule has 25 heavy (non-hydrogen) atoms. The SMILES string of the molecule is CC1CCCN(c2cc(NCc3nnc4n3CCCCC4)ncn2)C1. The number of hydrogen-bond acceptors (Lipinski definition) is 6. The van der Waals surface area contributed by atoms with Crippen molar-refractivity contribution in [2.24, 2.45) is 5.92 Å². The molecule has 2 aliphatic rings. The Bertz CT molecular complexity index is 711. The molecule has 1 saturated heterocycles. The first-order chi connectivity index (χ1) is 12.3. The molecule has 0 radical (unpaired) electrons. The van der Waals surface area contributed by atoms with Gasteiger partial charge in [-0.05, 0) is 31.6 Å². The summed E-state index contributed by atoms with van der Waals surface area (Å²) >= 11 is 0. The van der Waals surface area contributed by atoms with Crippen LogP contribution < -0.4 is 10.2 Å². The molecular weight excluding hydrogens is 314 g/mol. The zero-order valence-electron chi connectivity index (χ0n) is 15.0. The molecule has 0 amide bonds. The van der Waals surface area contributed by atoms with Crippen molar-refractivity contribution in [2.45, 2.75) is 58.5 Å². The van der Waals surface area contributed by atoms with Gasteiger partial charge in [0.2, 0.25) is 0 Å². The van der Waals surface area contributed by atoms with E-state index in [1.807, 2.05) is 0 Å². The number of aromatic nitrogens is 5. The molecule has 1 atom stereocenters. The van der Waals surface area contributed by atoms with Gasteiger partial charge in [0.1, 0.15) is 23.8 Å². The van der Waals surface area contributed by atoms with Crippen molar-refractivity contribution in [3.05, 3.63) is 24.0 Å². The van der Waals surface area contributed by atoms with Gasteiger partial charge < -0.3 is 14.8 Å². The highest BCUT2D eigenvalue weighted by Gasteiger charge is 2.18. The molecule has 0 saturated carbocycles. The molecule has 2 aliphatic heterocycles. The smallest absolute Gasteiger partial charge is 0.152 e. The largest absolute Gasteiger partial charge is 0.363 e. The number of piperidine rings is 1. The summed E-state index contributed by atoms with van der Waals surface area (Å²) in [5, 5.41) is 12.1. The molecule has 134 valence electrons. The van der Waals surface area contributed by atoms with E-state index in [4.69, 9.17) is 0 Å². The molecule has 2 aromatic heterocycles. The first kappa shape index (κ1) is 16.3. The lowest BCUT2D eigenvalue weighted by molar-refractivity contribution is 0.444. The van der Waals surface area contributed by atoms with E-state index in [0.29, 0.717) is 6.54 Å². The highest BCUT2D eigenvalue weighted by Crippen LogP contribution is 2.22. The summed E-state index contributed by atoms with van der Waals surface area (Å²) < 4.78 is 2.27. The Morgan fingerprint density at radius 3 is 3.00 bits per heavy atom. The van der Waals surface area contributed by atoms with Crippen LogP contribution in [0.2, 0.25) is 0 Å². The predicted octanol–water partition coefficient (Wildman–Crippen LogP) is 2.64. The van der Waals surface area contributed by atoms with Gasteiger partial charge in [-0.2, -0.15) is 0 Å².